The molecule has 1 N–H and O–H groups in total. The summed E-state index contributed by atoms with van der Waals surface area (Å²) in [6, 6.07) is 9.96. The largest absolute Gasteiger partial charge is 0.317 e. The van der Waals surface area contributed by atoms with E-state index < -0.39 is 0 Å². The van der Waals surface area contributed by atoms with Gasteiger partial charge in [-0.1, -0.05) is 18.2 Å². The van der Waals surface area contributed by atoms with Gasteiger partial charge in [0.1, 0.15) is 0 Å². The average molecular weight is 297 g/mol. The Morgan fingerprint density at radius 1 is 1.25 bits per heavy atom. The standard InChI is InChI=1S/C16H24N2O.ClH/c1-2-18(15-6-4-3-5-7-15)16(19)9-8-14-10-12-17-13-11-14;/h3-7,14,17H,2,8-13H2,1H3;1H. The number of piperidine rings is 1. The van der Waals surface area contributed by atoms with Crippen LogP contribution in [0.3, 0.4) is 0 Å². The summed E-state index contributed by atoms with van der Waals surface area (Å²) in [6.07, 6.45) is 4.13. The molecule has 0 spiro atoms. The summed E-state index contributed by atoms with van der Waals surface area (Å²) in [5, 5.41) is 3.37. The maximum Gasteiger partial charge on any atom is 0.226 e. The Hall–Kier alpha value is -1.06. The molecule has 1 aromatic rings. The number of hydrogen-bond acceptors (Lipinski definition) is 2. The lowest BCUT2D eigenvalue weighted by molar-refractivity contribution is -0.118. The number of carbonyl (C=O) groups excluding carboxylic acids is 1. The van der Waals surface area contributed by atoms with Crippen molar-refractivity contribution in [2.24, 2.45) is 5.92 Å². The first-order valence-corrected chi connectivity index (χ1v) is 7.37. The normalized spacial score (nSPS) is 15.4. The molecule has 1 fully saturated rings. The van der Waals surface area contributed by atoms with Crippen molar-refractivity contribution in [3.8, 4) is 0 Å². The fraction of sp³-hybridized carbons (Fsp3) is 0.562. The molecule has 4 heteroatoms. The minimum Gasteiger partial charge on any atom is -0.317 e. The summed E-state index contributed by atoms with van der Waals surface area (Å²) in [7, 11) is 0. The number of rotatable bonds is 5. The molecule has 2 rings (SSSR count). The minimum absolute atomic E-state index is 0. The van der Waals surface area contributed by atoms with Crippen LogP contribution in [0.5, 0.6) is 0 Å². The predicted octanol–water partition coefficient (Wildman–Crippen LogP) is 3.24. The molecule has 3 nitrogen and oxygen atoms in total. The van der Waals surface area contributed by atoms with Gasteiger partial charge in [0, 0.05) is 18.7 Å². The molecule has 1 aliphatic rings. The van der Waals surface area contributed by atoms with Gasteiger partial charge in [-0.25, -0.2) is 0 Å². The third-order valence-electron chi connectivity index (χ3n) is 3.91. The summed E-state index contributed by atoms with van der Waals surface area (Å²) < 4.78 is 0. The van der Waals surface area contributed by atoms with E-state index in [0.29, 0.717) is 6.42 Å². The molecule has 0 aliphatic carbocycles. The highest BCUT2D eigenvalue weighted by molar-refractivity contribution is 5.93. The van der Waals surface area contributed by atoms with Crippen molar-refractivity contribution in [3.63, 3.8) is 0 Å². The highest BCUT2D eigenvalue weighted by atomic mass is 35.5. The van der Waals surface area contributed by atoms with E-state index in [0.717, 1.165) is 37.7 Å². The number of hydrogen-bond donors (Lipinski definition) is 1. The monoisotopic (exact) mass is 296 g/mol. The first kappa shape index (κ1) is 17.0. The van der Waals surface area contributed by atoms with Gasteiger partial charge in [0.25, 0.3) is 0 Å². The first-order valence-electron chi connectivity index (χ1n) is 7.37. The van der Waals surface area contributed by atoms with Crippen LogP contribution in [0, 0.1) is 5.92 Å². The first-order chi connectivity index (χ1) is 9.31. The lowest BCUT2D eigenvalue weighted by Crippen LogP contribution is -2.32. The minimum atomic E-state index is 0. The quantitative estimate of drug-likeness (QED) is 0.905. The molecule has 1 heterocycles. The molecule has 112 valence electrons. The number of amides is 1. The molecular weight excluding hydrogens is 272 g/mol. The molecule has 0 bridgehead atoms. The van der Waals surface area contributed by atoms with E-state index in [1.807, 2.05) is 42.2 Å². The molecule has 1 aliphatic heterocycles. The van der Waals surface area contributed by atoms with E-state index in [4.69, 9.17) is 0 Å². The summed E-state index contributed by atoms with van der Waals surface area (Å²) in [5.41, 5.74) is 1.01. The number of halogens is 1. The lowest BCUT2D eigenvalue weighted by Gasteiger charge is -2.25. The molecule has 1 aromatic carbocycles. The van der Waals surface area contributed by atoms with E-state index >= 15 is 0 Å². The number of carbonyl (C=O) groups is 1. The molecular formula is C16H25ClN2O. The number of anilines is 1. The fourth-order valence-electron chi connectivity index (χ4n) is 2.74. The average Bonchev–Trinajstić information content (AvgIpc) is 2.48. The van der Waals surface area contributed by atoms with E-state index in [9.17, 15) is 4.79 Å². The van der Waals surface area contributed by atoms with Crippen molar-refractivity contribution in [2.75, 3.05) is 24.5 Å². The van der Waals surface area contributed by atoms with Gasteiger partial charge in [0.2, 0.25) is 5.91 Å². The second-order valence-corrected chi connectivity index (χ2v) is 5.21. The Bertz CT molecular complexity index is 391. The SMILES string of the molecule is CCN(C(=O)CCC1CCNCC1)c1ccccc1.Cl. The van der Waals surface area contributed by atoms with Crippen LogP contribution in [0.4, 0.5) is 5.69 Å². The molecule has 0 saturated carbocycles. The van der Waals surface area contributed by atoms with Gasteiger partial charge in [0.05, 0.1) is 0 Å². The Morgan fingerprint density at radius 3 is 2.50 bits per heavy atom. The van der Waals surface area contributed by atoms with Crippen molar-refractivity contribution in [1.82, 2.24) is 5.32 Å². The van der Waals surface area contributed by atoms with Gasteiger partial charge in [0.15, 0.2) is 0 Å². The van der Waals surface area contributed by atoms with Gasteiger partial charge in [-0.05, 0) is 57.3 Å². The van der Waals surface area contributed by atoms with Gasteiger partial charge >= 0.3 is 0 Å². The number of para-hydroxylation sites is 1. The van der Waals surface area contributed by atoms with Crippen molar-refractivity contribution < 1.29 is 4.79 Å². The topological polar surface area (TPSA) is 32.3 Å². The van der Waals surface area contributed by atoms with Crippen LogP contribution in [0.15, 0.2) is 30.3 Å². The number of nitrogens with one attached hydrogen (secondary N) is 1. The lowest BCUT2D eigenvalue weighted by atomic mass is 9.93. The van der Waals surface area contributed by atoms with Crippen molar-refractivity contribution in [2.45, 2.75) is 32.6 Å². The molecule has 20 heavy (non-hydrogen) atoms. The maximum atomic E-state index is 12.3. The molecule has 0 aromatic heterocycles. The van der Waals surface area contributed by atoms with Crippen molar-refractivity contribution in [3.05, 3.63) is 30.3 Å². The predicted molar refractivity (Wildman–Crippen MR) is 86.5 cm³/mol. The summed E-state index contributed by atoms with van der Waals surface area (Å²) in [6.45, 7) is 4.99. The third-order valence-corrected chi connectivity index (χ3v) is 3.91. The van der Waals surface area contributed by atoms with Gasteiger partial charge in [-0.3, -0.25) is 4.79 Å². The van der Waals surface area contributed by atoms with E-state index in [1.54, 1.807) is 0 Å². The second-order valence-electron chi connectivity index (χ2n) is 5.21. The Balaban J connectivity index is 0.00000200. The Morgan fingerprint density at radius 2 is 1.90 bits per heavy atom. The molecule has 1 amide bonds. The van der Waals surface area contributed by atoms with Crippen molar-refractivity contribution >= 4 is 24.0 Å². The van der Waals surface area contributed by atoms with E-state index in [1.165, 1.54) is 12.8 Å². The van der Waals surface area contributed by atoms with Crippen LogP contribution >= 0.6 is 12.4 Å². The summed E-state index contributed by atoms with van der Waals surface area (Å²) in [5.74, 6) is 0.979. The maximum absolute atomic E-state index is 12.3. The van der Waals surface area contributed by atoms with Gasteiger partial charge < -0.3 is 10.2 Å². The highest BCUT2D eigenvalue weighted by Crippen LogP contribution is 2.20. The number of benzene rings is 1. The van der Waals surface area contributed by atoms with Crippen LogP contribution in [0.1, 0.15) is 32.6 Å². The highest BCUT2D eigenvalue weighted by Gasteiger charge is 2.18. The van der Waals surface area contributed by atoms with Gasteiger partial charge in [-0.2, -0.15) is 0 Å². The zero-order chi connectivity index (χ0) is 13.5. The molecule has 0 unspecified atom stereocenters. The molecule has 1 saturated heterocycles. The van der Waals surface area contributed by atoms with Crippen LogP contribution in [-0.2, 0) is 4.79 Å². The second kappa shape index (κ2) is 8.98. The zero-order valence-corrected chi connectivity index (χ0v) is 13.0. The Kier molecular flexibility index (Phi) is 7.63. The van der Waals surface area contributed by atoms with Crippen LogP contribution in [-0.4, -0.2) is 25.5 Å². The van der Waals surface area contributed by atoms with Gasteiger partial charge in [-0.15, -0.1) is 12.4 Å². The fourth-order valence-corrected chi connectivity index (χ4v) is 2.74. The third kappa shape index (κ3) is 4.80. The van der Waals surface area contributed by atoms with Crippen LogP contribution in [0.25, 0.3) is 0 Å². The zero-order valence-electron chi connectivity index (χ0n) is 12.2. The summed E-state index contributed by atoms with van der Waals surface area (Å²) in [4.78, 5) is 14.2. The van der Waals surface area contributed by atoms with Crippen molar-refractivity contribution in [1.29, 1.82) is 0 Å². The number of nitrogens with zero attached hydrogens (tertiary/aromatic N) is 1. The van der Waals surface area contributed by atoms with E-state index in [-0.39, 0.29) is 18.3 Å². The smallest absolute Gasteiger partial charge is 0.226 e. The van der Waals surface area contributed by atoms with Crippen LogP contribution < -0.4 is 10.2 Å². The molecule has 0 atom stereocenters. The van der Waals surface area contributed by atoms with Crippen LogP contribution in [0.2, 0.25) is 0 Å². The molecule has 0 radical (unpaired) electrons. The van der Waals surface area contributed by atoms with E-state index in [2.05, 4.69) is 5.32 Å². The Labute approximate surface area is 128 Å². The summed E-state index contributed by atoms with van der Waals surface area (Å²) >= 11 is 0.